The average Bonchev–Trinajstić information content (AvgIpc) is 3.14. The molecule has 2 aliphatic heterocycles. The third-order valence-corrected chi connectivity index (χ3v) is 6.32. The summed E-state index contributed by atoms with van der Waals surface area (Å²) in [5.74, 6) is -0.775. The van der Waals surface area contributed by atoms with E-state index in [1.807, 2.05) is 54.6 Å². The van der Waals surface area contributed by atoms with Gasteiger partial charge >= 0.3 is 6.09 Å². The van der Waals surface area contributed by atoms with E-state index >= 15 is 0 Å². The standard InChI is InChI=1S/C23H24BrN3O5/c24-19-8-4-7-18(13-19)21-26(22(29)17-9-11-25(12-10-17)23(30)31)14-20(28)27(21)32-15-16-5-2-1-3-6-16/h1-8,13,17,21H,9-12,14-15H2,(H,30,31). The van der Waals surface area contributed by atoms with Crippen LogP contribution in [0.1, 0.15) is 30.1 Å². The molecule has 1 atom stereocenters. The number of nitrogens with zero attached hydrogens (tertiary/aromatic N) is 3. The Morgan fingerprint density at radius 3 is 2.44 bits per heavy atom. The summed E-state index contributed by atoms with van der Waals surface area (Å²) in [4.78, 5) is 46.3. The Bertz CT molecular complexity index is 994. The first-order chi connectivity index (χ1) is 15.4. The molecule has 2 heterocycles. The number of halogens is 1. The Kier molecular flexibility index (Phi) is 6.76. The topological polar surface area (TPSA) is 90.4 Å². The SMILES string of the molecule is O=C(O)N1CCC(C(=O)N2CC(=O)N(OCc3ccccc3)C2c2cccc(Br)c2)CC1. The fourth-order valence-corrected chi connectivity index (χ4v) is 4.58. The molecule has 1 unspecified atom stereocenters. The Hall–Kier alpha value is -2.91. The van der Waals surface area contributed by atoms with Crippen LogP contribution in [0.15, 0.2) is 59.1 Å². The van der Waals surface area contributed by atoms with Crippen molar-refractivity contribution in [2.24, 2.45) is 5.92 Å². The molecule has 9 heteroatoms. The lowest BCUT2D eigenvalue weighted by molar-refractivity contribution is -0.205. The van der Waals surface area contributed by atoms with Crippen LogP contribution in [0.2, 0.25) is 0 Å². The van der Waals surface area contributed by atoms with Gasteiger partial charge in [0.25, 0.3) is 5.91 Å². The number of hydroxylamine groups is 2. The molecule has 0 radical (unpaired) electrons. The molecule has 0 saturated carbocycles. The molecule has 2 fully saturated rings. The maximum Gasteiger partial charge on any atom is 0.407 e. The molecular formula is C23H24BrN3O5. The zero-order chi connectivity index (χ0) is 22.7. The molecule has 4 rings (SSSR count). The van der Waals surface area contributed by atoms with Gasteiger partial charge in [0.05, 0.1) is 0 Å². The number of amides is 3. The van der Waals surface area contributed by atoms with E-state index in [-0.39, 0.29) is 30.9 Å². The predicted molar refractivity (Wildman–Crippen MR) is 119 cm³/mol. The molecule has 0 aromatic heterocycles. The van der Waals surface area contributed by atoms with Crippen molar-refractivity contribution in [3.05, 3.63) is 70.2 Å². The van der Waals surface area contributed by atoms with E-state index in [0.29, 0.717) is 25.9 Å². The molecule has 0 bridgehead atoms. The second kappa shape index (κ2) is 9.70. The number of carbonyl (C=O) groups excluding carboxylic acids is 2. The third-order valence-electron chi connectivity index (χ3n) is 5.83. The number of carbonyl (C=O) groups is 3. The van der Waals surface area contributed by atoms with Crippen molar-refractivity contribution in [1.29, 1.82) is 0 Å². The van der Waals surface area contributed by atoms with Crippen LogP contribution in [-0.4, -0.2) is 57.5 Å². The number of rotatable bonds is 5. The average molecular weight is 502 g/mol. The maximum absolute atomic E-state index is 13.4. The quantitative estimate of drug-likeness (QED) is 0.675. The van der Waals surface area contributed by atoms with Crippen molar-refractivity contribution >= 4 is 33.8 Å². The zero-order valence-corrected chi connectivity index (χ0v) is 19.0. The van der Waals surface area contributed by atoms with Gasteiger partial charge in [-0.05, 0) is 36.1 Å². The van der Waals surface area contributed by atoms with E-state index in [4.69, 9.17) is 4.84 Å². The van der Waals surface area contributed by atoms with Gasteiger partial charge in [-0.25, -0.2) is 4.79 Å². The summed E-state index contributed by atoms with van der Waals surface area (Å²) < 4.78 is 0.833. The predicted octanol–water partition coefficient (Wildman–Crippen LogP) is 3.64. The van der Waals surface area contributed by atoms with E-state index in [2.05, 4.69) is 15.9 Å². The molecule has 2 aliphatic rings. The molecule has 168 valence electrons. The highest BCUT2D eigenvalue weighted by Crippen LogP contribution is 2.35. The van der Waals surface area contributed by atoms with Gasteiger partial charge < -0.3 is 14.9 Å². The molecule has 0 spiro atoms. The third kappa shape index (κ3) is 4.78. The first-order valence-corrected chi connectivity index (χ1v) is 11.3. The van der Waals surface area contributed by atoms with E-state index in [9.17, 15) is 19.5 Å². The van der Waals surface area contributed by atoms with Gasteiger partial charge in [0, 0.05) is 23.5 Å². The summed E-state index contributed by atoms with van der Waals surface area (Å²) in [5, 5.41) is 10.5. The normalized spacial score (nSPS) is 19.5. The van der Waals surface area contributed by atoms with Gasteiger partial charge in [-0.1, -0.05) is 58.4 Å². The number of carboxylic acid groups (broad SMARTS) is 1. The lowest BCUT2D eigenvalue weighted by Gasteiger charge is -2.34. The highest BCUT2D eigenvalue weighted by molar-refractivity contribution is 9.10. The zero-order valence-electron chi connectivity index (χ0n) is 17.4. The Morgan fingerprint density at radius 2 is 1.78 bits per heavy atom. The number of hydrogen-bond donors (Lipinski definition) is 1. The van der Waals surface area contributed by atoms with Gasteiger partial charge in [0.15, 0.2) is 6.17 Å². The van der Waals surface area contributed by atoms with E-state index in [1.165, 1.54) is 9.96 Å². The highest BCUT2D eigenvalue weighted by Gasteiger charge is 2.45. The summed E-state index contributed by atoms with van der Waals surface area (Å²) in [7, 11) is 0. The first-order valence-electron chi connectivity index (χ1n) is 10.5. The molecule has 32 heavy (non-hydrogen) atoms. The van der Waals surface area contributed by atoms with Crippen molar-refractivity contribution in [2.45, 2.75) is 25.6 Å². The van der Waals surface area contributed by atoms with Crippen LogP contribution in [0.25, 0.3) is 0 Å². The van der Waals surface area contributed by atoms with E-state index < -0.39 is 12.3 Å². The highest BCUT2D eigenvalue weighted by atomic mass is 79.9. The Balaban J connectivity index is 1.56. The Morgan fingerprint density at radius 1 is 1.06 bits per heavy atom. The van der Waals surface area contributed by atoms with E-state index in [0.717, 1.165) is 15.6 Å². The fourth-order valence-electron chi connectivity index (χ4n) is 4.16. The molecule has 2 aromatic rings. The first kappa shape index (κ1) is 22.3. The summed E-state index contributed by atoms with van der Waals surface area (Å²) in [6, 6.07) is 17.0. The van der Waals surface area contributed by atoms with Gasteiger partial charge in [0.2, 0.25) is 5.91 Å². The number of benzene rings is 2. The molecule has 8 nitrogen and oxygen atoms in total. The van der Waals surface area contributed by atoms with Crippen LogP contribution in [0.5, 0.6) is 0 Å². The maximum atomic E-state index is 13.4. The summed E-state index contributed by atoms with van der Waals surface area (Å²) in [5.41, 5.74) is 1.67. The second-order valence-electron chi connectivity index (χ2n) is 7.92. The van der Waals surface area contributed by atoms with Crippen molar-refractivity contribution in [2.75, 3.05) is 19.6 Å². The van der Waals surface area contributed by atoms with Gasteiger partial charge in [-0.3, -0.25) is 14.4 Å². The number of hydrogen-bond acceptors (Lipinski definition) is 4. The molecule has 1 N–H and O–H groups in total. The minimum Gasteiger partial charge on any atom is -0.465 e. The molecule has 2 aromatic carbocycles. The summed E-state index contributed by atoms with van der Waals surface area (Å²) in [6.07, 6.45) is -0.786. The van der Waals surface area contributed by atoms with Crippen LogP contribution < -0.4 is 0 Å². The van der Waals surface area contributed by atoms with Gasteiger partial charge in [0.1, 0.15) is 13.2 Å². The lowest BCUT2D eigenvalue weighted by atomic mass is 9.95. The van der Waals surface area contributed by atoms with Crippen LogP contribution in [0.3, 0.4) is 0 Å². The smallest absolute Gasteiger partial charge is 0.407 e. The lowest BCUT2D eigenvalue weighted by Crippen LogP contribution is -2.44. The molecule has 2 saturated heterocycles. The number of piperidine rings is 1. The van der Waals surface area contributed by atoms with Crippen molar-refractivity contribution in [3.8, 4) is 0 Å². The summed E-state index contributed by atoms with van der Waals surface area (Å²) >= 11 is 3.46. The molecule has 3 amide bonds. The largest absolute Gasteiger partial charge is 0.465 e. The van der Waals surface area contributed by atoms with Crippen LogP contribution >= 0.6 is 15.9 Å². The van der Waals surface area contributed by atoms with Crippen LogP contribution in [0, 0.1) is 5.92 Å². The minimum atomic E-state index is -0.972. The molecule has 0 aliphatic carbocycles. The fraction of sp³-hybridized carbons (Fsp3) is 0.348. The Labute approximate surface area is 194 Å². The van der Waals surface area contributed by atoms with Gasteiger partial charge in [-0.15, -0.1) is 0 Å². The monoisotopic (exact) mass is 501 g/mol. The van der Waals surface area contributed by atoms with E-state index in [1.54, 1.807) is 4.90 Å². The van der Waals surface area contributed by atoms with Crippen molar-refractivity contribution in [1.82, 2.24) is 14.9 Å². The van der Waals surface area contributed by atoms with Crippen LogP contribution in [-0.2, 0) is 21.0 Å². The van der Waals surface area contributed by atoms with Crippen molar-refractivity contribution < 1.29 is 24.3 Å². The second-order valence-corrected chi connectivity index (χ2v) is 8.83. The number of likely N-dealkylation sites (tertiary alicyclic amines) is 1. The summed E-state index contributed by atoms with van der Waals surface area (Å²) in [6.45, 7) is 0.743. The minimum absolute atomic E-state index is 0.0794. The van der Waals surface area contributed by atoms with Gasteiger partial charge in [-0.2, -0.15) is 5.06 Å². The molecular weight excluding hydrogens is 478 g/mol. The van der Waals surface area contributed by atoms with Crippen molar-refractivity contribution in [3.63, 3.8) is 0 Å². The van der Waals surface area contributed by atoms with Crippen LogP contribution in [0.4, 0.5) is 4.79 Å².